The maximum atomic E-state index is 13.6. The van der Waals surface area contributed by atoms with Crippen molar-refractivity contribution in [3.63, 3.8) is 0 Å². The number of rotatable bonds is 4. The second-order valence-corrected chi connectivity index (χ2v) is 5.21. The average Bonchev–Trinajstić information content (AvgIpc) is 2.35. The number of hydrogen-bond donors (Lipinski definition) is 1. The molecular formula is C15H20F3NO. The topological polar surface area (TPSA) is 21.3 Å². The SMILES string of the molecule is Fc1cc(NC2CCCCCCC2)ccc1OC(F)F. The molecule has 1 N–H and O–H groups in total. The molecular weight excluding hydrogens is 267 g/mol. The van der Waals surface area contributed by atoms with E-state index in [-0.39, 0.29) is 0 Å². The Morgan fingerprint density at radius 1 is 1.05 bits per heavy atom. The minimum absolute atomic E-state index is 0.330. The van der Waals surface area contributed by atoms with Crippen LogP contribution >= 0.6 is 0 Å². The van der Waals surface area contributed by atoms with E-state index in [1.165, 1.54) is 44.2 Å². The van der Waals surface area contributed by atoms with Crippen LogP contribution in [0, 0.1) is 5.82 Å². The molecule has 1 aliphatic carbocycles. The van der Waals surface area contributed by atoms with Crippen molar-refractivity contribution in [1.29, 1.82) is 0 Å². The lowest BCUT2D eigenvalue weighted by molar-refractivity contribution is -0.0521. The first-order chi connectivity index (χ1) is 9.65. The molecule has 0 saturated heterocycles. The molecule has 0 amide bonds. The van der Waals surface area contributed by atoms with Gasteiger partial charge >= 0.3 is 6.61 Å². The zero-order chi connectivity index (χ0) is 14.4. The summed E-state index contributed by atoms with van der Waals surface area (Å²) in [6.45, 7) is -3.01. The summed E-state index contributed by atoms with van der Waals surface area (Å²) < 4.78 is 41.8. The highest BCUT2D eigenvalue weighted by Crippen LogP contribution is 2.25. The third-order valence-corrected chi connectivity index (χ3v) is 3.62. The van der Waals surface area contributed by atoms with E-state index in [0.717, 1.165) is 12.8 Å². The molecule has 0 radical (unpaired) electrons. The molecule has 0 spiro atoms. The molecule has 1 aromatic carbocycles. The molecule has 0 heterocycles. The quantitative estimate of drug-likeness (QED) is 0.845. The zero-order valence-electron chi connectivity index (χ0n) is 11.4. The lowest BCUT2D eigenvalue weighted by atomic mass is 9.96. The van der Waals surface area contributed by atoms with Gasteiger partial charge in [0.25, 0.3) is 0 Å². The lowest BCUT2D eigenvalue weighted by Gasteiger charge is -2.22. The van der Waals surface area contributed by atoms with Crippen molar-refractivity contribution >= 4 is 5.69 Å². The fraction of sp³-hybridized carbons (Fsp3) is 0.600. The van der Waals surface area contributed by atoms with Gasteiger partial charge in [-0.05, 0) is 25.0 Å². The molecule has 0 aromatic heterocycles. The highest BCUT2D eigenvalue weighted by atomic mass is 19.3. The predicted octanol–water partition coefficient (Wildman–Crippen LogP) is 4.95. The first-order valence-corrected chi connectivity index (χ1v) is 7.16. The van der Waals surface area contributed by atoms with E-state index >= 15 is 0 Å². The van der Waals surface area contributed by atoms with Crippen molar-refractivity contribution in [3.05, 3.63) is 24.0 Å². The summed E-state index contributed by atoms with van der Waals surface area (Å²) in [5.74, 6) is -1.18. The Bertz CT molecular complexity index is 418. The highest BCUT2D eigenvalue weighted by Gasteiger charge is 2.14. The van der Waals surface area contributed by atoms with E-state index < -0.39 is 18.2 Å². The van der Waals surface area contributed by atoms with Crippen LogP contribution in [0.25, 0.3) is 0 Å². The summed E-state index contributed by atoms with van der Waals surface area (Å²) in [6, 6.07) is 4.37. The fourth-order valence-corrected chi connectivity index (χ4v) is 2.62. The van der Waals surface area contributed by atoms with Gasteiger partial charge in [-0.3, -0.25) is 0 Å². The van der Waals surface area contributed by atoms with Crippen molar-refractivity contribution in [3.8, 4) is 5.75 Å². The molecule has 2 rings (SSSR count). The van der Waals surface area contributed by atoms with Crippen molar-refractivity contribution in [2.45, 2.75) is 57.6 Å². The van der Waals surface area contributed by atoms with Crippen LogP contribution in [-0.2, 0) is 0 Å². The van der Waals surface area contributed by atoms with Gasteiger partial charge in [-0.2, -0.15) is 8.78 Å². The van der Waals surface area contributed by atoms with Crippen LogP contribution in [0.1, 0.15) is 44.9 Å². The van der Waals surface area contributed by atoms with E-state index in [4.69, 9.17) is 0 Å². The second-order valence-electron chi connectivity index (χ2n) is 5.21. The molecule has 0 atom stereocenters. The summed E-state index contributed by atoms with van der Waals surface area (Å²) in [5, 5.41) is 3.29. The number of benzene rings is 1. The van der Waals surface area contributed by atoms with Crippen LogP contribution in [0.4, 0.5) is 18.9 Å². The summed E-state index contributed by atoms with van der Waals surface area (Å²) in [7, 11) is 0. The number of alkyl halides is 2. The summed E-state index contributed by atoms with van der Waals surface area (Å²) in [6.07, 6.45) is 8.26. The molecule has 2 nitrogen and oxygen atoms in total. The average molecular weight is 287 g/mol. The Kier molecular flexibility index (Phi) is 5.56. The second kappa shape index (κ2) is 7.41. The molecule has 1 saturated carbocycles. The molecule has 1 aromatic rings. The Morgan fingerprint density at radius 2 is 1.70 bits per heavy atom. The minimum Gasteiger partial charge on any atom is -0.432 e. The molecule has 112 valence electrons. The van der Waals surface area contributed by atoms with Crippen LogP contribution in [0.3, 0.4) is 0 Å². The van der Waals surface area contributed by atoms with Gasteiger partial charge in [0.1, 0.15) is 0 Å². The maximum absolute atomic E-state index is 13.6. The van der Waals surface area contributed by atoms with E-state index in [1.54, 1.807) is 6.07 Å². The maximum Gasteiger partial charge on any atom is 0.387 e. The molecule has 20 heavy (non-hydrogen) atoms. The van der Waals surface area contributed by atoms with Crippen LogP contribution in [0.15, 0.2) is 18.2 Å². The first kappa shape index (κ1) is 15.0. The van der Waals surface area contributed by atoms with E-state index in [0.29, 0.717) is 11.7 Å². The smallest absolute Gasteiger partial charge is 0.387 e. The van der Waals surface area contributed by atoms with E-state index in [2.05, 4.69) is 10.1 Å². The molecule has 0 aliphatic heterocycles. The normalized spacial score (nSPS) is 17.6. The largest absolute Gasteiger partial charge is 0.432 e. The fourth-order valence-electron chi connectivity index (χ4n) is 2.62. The summed E-state index contributed by atoms with van der Waals surface area (Å²) in [4.78, 5) is 0. The Morgan fingerprint density at radius 3 is 2.30 bits per heavy atom. The van der Waals surface area contributed by atoms with Crippen molar-refractivity contribution in [1.82, 2.24) is 0 Å². The third kappa shape index (κ3) is 4.62. The number of nitrogens with one attached hydrogen (secondary N) is 1. The number of anilines is 1. The van der Waals surface area contributed by atoms with Crippen LogP contribution in [0.5, 0.6) is 5.75 Å². The molecule has 0 unspecified atom stereocenters. The minimum atomic E-state index is -3.01. The van der Waals surface area contributed by atoms with Gasteiger partial charge in [0.2, 0.25) is 0 Å². The van der Waals surface area contributed by atoms with Gasteiger partial charge in [0, 0.05) is 17.8 Å². The molecule has 5 heteroatoms. The van der Waals surface area contributed by atoms with Gasteiger partial charge in [0.15, 0.2) is 11.6 Å². The van der Waals surface area contributed by atoms with Crippen LogP contribution < -0.4 is 10.1 Å². The van der Waals surface area contributed by atoms with Gasteiger partial charge in [-0.25, -0.2) is 4.39 Å². The standard InChI is InChI=1S/C15H20F3NO/c16-13-10-12(8-9-14(13)20-15(17)18)19-11-6-4-2-1-3-5-7-11/h8-11,15,19H,1-7H2. The van der Waals surface area contributed by atoms with Crippen molar-refractivity contribution in [2.75, 3.05) is 5.32 Å². The van der Waals surface area contributed by atoms with Crippen LogP contribution in [0.2, 0.25) is 0 Å². The Hall–Kier alpha value is -1.39. The van der Waals surface area contributed by atoms with Crippen molar-refractivity contribution in [2.24, 2.45) is 0 Å². The number of halogens is 3. The van der Waals surface area contributed by atoms with Crippen molar-refractivity contribution < 1.29 is 17.9 Å². The number of ether oxygens (including phenoxy) is 1. The van der Waals surface area contributed by atoms with Gasteiger partial charge in [-0.15, -0.1) is 0 Å². The van der Waals surface area contributed by atoms with Gasteiger partial charge < -0.3 is 10.1 Å². The Balaban J connectivity index is 1.96. The first-order valence-electron chi connectivity index (χ1n) is 7.16. The summed E-state index contributed by atoms with van der Waals surface area (Å²) in [5.41, 5.74) is 0.620. The highest BCUT2D eigenvalue weighted by molar-refractivity contribution is 5.48. The van der Waals surface area contributed by atoms with E-state index in [9.17, 15) is 13.2 Å². The summed E-state index contributed by atoms with van der Waals surface area (Å²) >= 11 is 0. The van der Waals surface area contributed by atoms with Crippen LogP contribution in [-0.4, -0.2) is 12.7 Å². The zero-order valence-corrected chi connectivity index (χ0v) is 11.4. The molecule has 1 aliphatic rings. The van der Waals surface area contributed by atoms with E-state index in [1.807, 2.05) is 0 Å². The Labute approximate surface area is 117 Å². The molecule has 0 bridgehead atoms. The molecule has 1 fully saturated rings. The monoisotopic (exact) mass is 287 g/mol. The lowest BCUT2D eigenvalue weighted by Crippen LogP contribution is -2.20. The number of hydrogen-bond acceptors (Lipinski definition) is 2. The predicted molar refractivity (Wildman–Crippen MR) is 72.8 cm³/mol. The van der Waals surface area contributed by atoms with Gasteiger partial charge in [-0.1, -0.05) is 32.1 Å². The van der Waals surface area contributed by atoms with Gasteiger partial charge in [0.05, 0.1) is 0 Å². The third-order valence-electron chi connectivity index (χ3n) is 3.62.